The monoisotopic (exact) mass is 219 g/mol. The van der Waals surface area contributed by atoms with Crippen LogP contribution in [0.15, 0.2) is 12.7 Å². The van der Waals surface area contributed by atoms with Gasteiger partial charge in [-0.25, -0.2) is 13.6 Å². The summed E-state index contributed by atoms with van der Waals surface area (Å²) in [4.78, 5) is 22.8. The lowest BCUT2D eigenvalue weighted by Gasteiger charge is -2.29. The van der Waals surface area contributed by atoms with E-state index in [9.17, 15) is 18.4 Å². The third-order valence-electron chi connectivity index (χ3n) is 2.49. The number of carboxylic acid groups (broad SMARTS) is 1. The lowest BCUT2D eigenvalue weighted by atomic mass is 9.98. The van der Waals surface area contributed by atoms with Gasteiger partial charge in [0.2, 0.25) is 5.91 Å². The number of rotatable bonds is 2. The molecule has 1 amide bonds. The minimum Gasteiger partial charge on any atom is -0.480 e. The van der Waals surface area contributed by atoms with E-state index in [0.717, 1.165) is 13.0 Å². The van der Waals surface area contributed by atoms with Crippen molar-refractivity contribution < 1.29 is 23.5 Å². The summed E-state index contributed by atoms with van der Waals surface area (Å²) < 4.78 is 26.1. The molecule has 1 saturated heterocycles. The number of carbonyl (C=O) groups excluding carboxylic acids is 1. The molecule has 0 aromatic heterocycles. The summed E-state index contributed by atoms with van der Waals surface area (Å²) in [5.41, 5.74) is -1.85. The van der Waals surface area contributed by atoms with E-state index >= 15 is 0 Å². The van der Waals surface area contributed by atoms with E-state index in [4.69, 9.17) is 5.11 Å². The van der Waals surface area contributed by atoms with E-state index in [2.05, 4.69) is 6.58 Å². The fourth-order valence-electron chi connectivity index (χ4n) is 1.68. The molecule has 84 valence electrons. The van der Waals surface area contributed by atoms with Gasteiger partial charge in [-0.2, -0.15) is 0 Å². The normalized spacial score (nSPS) is 28.9. The van der Waals surface area contributed by atoms with Gasteiger partial charge in [-0.1, -0.05) is 6.58 Å². The molecule has 0 radical (unpaired) electrons. The fourth-order valence-corrected chi connectivity index (χ4v) is 1.68. The Bertz CT molecular complexity index is 329. The molecule has 0 spiro atoms. The quantitative estimate of drug-likeness (QED) is 0.701. The second-order valence-corrected chi connectivity index (χ2v) is 3.74. The maximum Gasteiger partial charge on any atom is 0.329 e. The Balaban J connectivity index is 3.09. The Labute approximate surface area is 85.2 Å². The third-order valence-corrected chi connectivity index (χ3v) is 2.49. The van der Waals surface area contributed by atoms with Crippen LogP contribution in [0.2, 0.25) is 0 Å². The molecule has 1 heterocycles. The van der Waals surface area contributed by atoms with Crippen LogP contribution in [0.1, 0.15) is 13.3 Å². The second kappa shape index (κ2) is 3.29. The van der Waals surface area contributed by atoms with Gasteiger partial charge in [0.05, 0.1) is 6.54 Å². The molecule has 4 nitrogen and oxygen atoms in total. The van der Waals surface area contributed by atoms with E-state index in [-0.39, 0.29) is 0 Å². The predicted molar refractivity (Wildman–Crippen MR) is 47.5 cm³/mol. The van der Waals surface area contributed by atoms with Crippen LogP contribution in [0, 0.1) is 0 Å². The summed E-state index contributed by atoms with van der Waals surface area (Å²) in [5, 5.41) is 8.86. The van der Waals surface area contributed by atoms with Crippen molar-refractivity contribution in [2.45, 2.75) is 24.8 Å². The Morgan fingerprint density at radius 1 is 1.53 bits per heavy atom. The van der Waals surface area contributed by atoms with Gasteiger partial charge in [0, 0.05) is 6.42 Å². The Morgan fingerprint density at radius 2 is 2.07 bits per heavy atom. The van der Waals surface area contributed by atoms with Gasteiger partial charge in [-0.05, 0) is 13.0 Å². The van der Waals surface area contributed by atoms with E-state index in [1.54, 1.807) is 0 Å². The van der Waals surface area contributed by atoms with E-state index < -0.39 is 36.3 Å². The lowest BCUT2D eigenvalue weighted by Crippen LogP contribution is -2.50. The summed E-state index contributed by atoms with van der Waals surface area (Å²) in [7, 11) is 0. The molecule has 0 bridgehead atoms. The highest BCUT2D eigenvalue weighted by molar-refractivity contribution is 5.93. The first-order valence-corrected chi connectivity index (χ1v) is 4.28. The molecule has 1 atom stereocenters. The molecule has 1 rings (SSSR count). The molecule has 1 aliphatic rings. The zero-order valence-corrected chi connectivity index (χ0v) is 8.17. The predicted octanol–water partition coefficient (Wildman–Crippen LogP) is 0.883. The van der Waals surface area contributed by atoms with Crippen LogP contribution in [0.5, 0.6) is 0 Å². The molecule has 1 unspecified atom stereocenters. The number of nitrogens with zero attached hydrogens (tertiary/aromatic N) is 1. The van der Waals surface area contributed by atoms with E-state index in [0.29, 0.717) is 4.90 Å². The first-order chi connectivity index (χ1) is 6.73. The van der Waals surface area contributed by atoms with Crippen molar-refractivity contribution in [1.29, 1.82) is 0 Å². The standard InChI is InChI=1S/C9H11F2NO3/c1-3-6(13)12-5-9(10,11)4-8(12,2)7(14)15/h3H,1,4-5H2,2H3,(H,14,15). The zero-order valence-electron chi connectivity index (χ0n) is 8.17. The summed E-state index contributed by atoms with van der Waals surface area (Å²) >= 11 is 0. The van der Waals surface area contributed by atoms with Gasteiger partial charge in [0.15, 0.2) is 0 Å². The Kier molecular flexibility index (Phi) is 2.54. The summed E-state index contributed by atoms with van der Waals surface area (Å²) in [5.74, 6) is -5.39. The van der Waals surface area contributed by atoms with Crippen LogP contribution in [0.4, 0.5) is 8.78 Å². The number of likely N-dealkylation sites (tertiary alicyclic amines) is 1. The van der Waals surface area contributed by atoms with Crippen molar-refractivity contribution in [1.82, 2.24) is 4.90 Å². The Morgan fingerprint density at radius 3 is 2.47 bits per heavy atom. The maximum absolute atomic E-state index is 13.1. The van der Waals surface area contributed by atoms with Gasteiger partial charge in [-0.3, -0.25) is 4.79 Å². The molecule has 0 aromatic carbocycles. The number of alkyl halides is 2. The maximum atomic E-state index is 13.1. The van der Waals surface area contributed by atoms with Gasteiger partial charge in [0.1, 0.15) is 5.54 Å². The highest BCUT2D eigenvalue weighted by Gasteiger charge is 2.57. The number of carbonyl (C=O) groups is 2. The largest absolute Gasteiger partial charge is 0.480 e. The van der Waals surface area contributed by atoms with Gasteiger partial charge < -0.3 is 10.0 Å². The highest BCUT2D eigenvalue weighted by Crippen LogP contribution is 2.39. The number of carboxylic acids is 1. The van der Waals surface area contributed by atoms with Crippen LogP contribution in [-0.4, -0.2) is 39.9 Å². The minimum atomic E-state index is -3.16. The fraction of sp³-hybridized carbons (Fsp3) is 0.556. The van der Waals surface area contributed by atoms with Gasteiger partial charge in [-0.15, -0.1) is 0 Å². The smallest absolute Gasteiger partial charge is 0.329 e. The summed E-state index contributed by atoms with van der Waals surface area (Å²) in [6, 6.07) is 0. The van der Waals surface area contributed by atoms with E-state index in [1.807, 2.05) is 0 Å². The highest BCUT2D eigenvalue weighted by atomic mass is 19.3. The van der Waals surface area contributed by atoms with Crippen molar-refractivity contribution in [2.75, 3.05) is 6.54 Å². The van der Waals surface area contributed by atoms with Crippen LogP contribution >= 0.6 is 0 Å². The van der Waals surface area contributed by atoms with Crippen molar-refractivity contribution >= 4 is 11.9 Å². The summed E-state index contributed by atoms with van der Waals surface area (Å²) in [6.45, 7) is 3.38. The third kappa shape index (κ3) is 1.84. The molecular weight excluding hydrogens is 208 g/mol. The summed E-state index contributed by atoms with van der Waals surface area (Å²) in [6.07, 6.45) is -0.0303. The molecule has 0 saturated carbocycles. The lowest BCUT2D eigenvalue weighted by molar-refractivity contribution is -0.153. The molecule has 1 aliphatic heterocycles. The first kappa shape index (κ1) is 11.6. The van der Waals surface area contributed by atoms with Crippen molar-refractivity contribution in [2.24, 2.45) is 0 Å². The number of hydrogen-bond donors (Lipinski definition) is 1. The van der Waals surface area contributed by atoms with Crippen molar-refractivity contribution in [3.05, 3.63) is 12.7 Å². The van der Waals surface area contributed by atoms with Gasteiger partial charge in [0.25, 0.3) is 5.92 Å². The minimum absolute atomic E-state index is 0.641. The average molecular weight is 219 g/mol. The topological polar surface area (TPSA) is 57.6 Å². The Hall–Kier alpha value is -1.46. The average Bonchev–Trinajstić information content (AvgIpc) is 2.36. The molecular formula is C9H11F2NO3. The molecule has 1 N–H and O–H groups in total. The molecule has 0 aromatic rings. The van der Waals surface area contributed by atoms with Crippen LogP contribution in [0.25, 0.3) is 0 Å². The first-order valence-electron chi connectivity index (χ1n) is 4.28. The van der Waals surface area contributed by atoms with Crippen LogP contribution < -0.4 is 0 Å². The molecule has 0 aliphatic carbocycles. The van der Waals surface area contributed by atoms with Crippen molar-refractivity contribution in [3.8, 4) is 0 Å². The van der Waals surface area contributed by atoms with Crippen molar-refractivity contribution in [3.63, 3.8) is 0 Å². The van der Waals surface area contributed by atoms with Crippen LogP contribution in [0.3, 0.4) is 0 Å². The van der Waals surface area contributed by atoms with Gasteiger partial charge >= 0.3 is 5.97 Å². The second-order valence-electron chi connectivity index (χ2n) is 3.74. The number of halogens is 2. The number of aliphatic carboxylic acids is 1. The number of amides is 1. The van der Waals surface area contributed by atoms with Crippen LogP contribution in [-0.2, 0) is 9.59 Å². The van der Waals surface area contributed by atoms with E-state index in [1.165, 1.54) is 0 Å². The molecule has 15 heavy (non-hydrogen) atoms. The zero-order chi connectivity index (χ0) is 11.9. The number of hydrogen-bond acceptors (Lipinski definition) is 2. The molecule has 1 fully saturated rings. The SMILES string of the molecule is C=CC(=O)N1CC(F)(F)CC1(C)C(=O)O. The molecule has 6 heteroatoms.